The summed E-state index contributed by atoms with van der Waals surface area (Å²) in [5.41, 5.74) is 6.07. The molecule has 166 valence electrons. The Bertz CT molecular complexity index is 1140. The first kappa shape index (κ1) is 22.9. The maximum absolute atomic E-state index is 12.5. The molecule has 2 N–H and O–H groups in total. The third-order valence-corrected chi connectivity index (χ3v) is 5.29. The van der Waals surface area contributed by atoms with Crippen molar-refractivity contribution in [3.8, 4) is 16.9 Å². The first-order chi connectivity index (χ1) is 15.3. The zero-order chi connectivity index (χ0) is 23.3. The van der Waals surface area contributed by atoms with Gasteiger partial charge in [0.25, 0.3) is 5.91 Å². The summed E-state index contributed by atoms with van der Waals surface area (Å²) in [6.45, 7) is 3.87. The van der Waals surface area contributed by atoms with Gasteiger partial charge in [-0.05, 0) is 66.0 Å². The highest BCUT2D eigenvalue weighted by Gasteiger charge is 2.19. The number of hydrogen-bond acceptors (Lipinski definition) is 5. The summed E-state index contributed by atoms with van der Waals surface area (Å²) in [6, 6.07) is 5.69. The van der Waals surface area contributed by atoms with Gasteiger partial charge in [0.2, 0.25) is 0 Å². The van der Waals surface area contributed by atoms with Crippen molar-refractivity contribution in [2.24, 2.45) is 0 Å². The van der Waals surface area contributed by atoms with Crippen molar-refractivity contribution in [3.05, 3.63) is 89.0 Å². The average Bonchev–Trinajstić information content (AvgIpc) is 2.79. The lowest BCUT2D eigenvalue weighted by atomic mass is 9.94. The van der Waals surface area contributed by atoms with Crippen molar-refractivity contribution in [3.63, 3.8) is 0 Å². The number of nitrogens with zero attached hydrogens (tertiary/aromatic N) is 2. The van der Waals surface area contributed by atoms with Gasteiger partial charge in [-0.25, -0.2) is 4.98 Å². The third-order valence-electron chi connectivity index (χ3n) is 5.29. The van der Waals surface area contributed by atoms with Gasteiger partial charge in [-0.15, -0.1) is 0 Å². The molecule has 0 atom stereocenters. The summed E-state index contributed by atoms with van der Waals surface area (Å²) in [5.74, 6) is 0.600. The Morgan fingerprint density at radius 1 is 1.19 bits per heavy atom. The number of aromatic nitrogens is 1. The van der Waals surface area contributed by atoms with Crippen molar-refractivity contribution in [2.45, 2.75) is 20.3 Å². The number of anilines is 1. The number of phenols is 1. The lowest BCUT2D eigenvalue weighted by Gasteiger charge is -2.19. The average molecular weight is 432 g/mol. The first-order valence-corrected chi connectivity index (χ1v) is 10.3. The molecule has 0 radical (unpaired) electrons. The molecule has 1 aromatic carbocycles. The van der Waals surface area contributed by atoms with Crippen molar-refractivity contribution < 1.29 is 14.6 Å². The Morgan fingerprint density at radius 2 is 1.97 bits per heavy atom. The van der Waals surface area contributed by atoms with Crippen molar-refractivity contribution >= 4 is 11.7 Å². The fourth-order valence-corrected chi connectivity index (χ4v) is 3.44. The maximum Gasteiger partial charge on any atom is 0.257 e. The van der Waals surface area contributed by atoms with Crippen LogP contribution in [0.25, 0.3) is 11.1 Å². The number of ether oxygens (including phenoxy) is 1. The number of rotatable bonds is 6. The molecule has 1 amide bonds. The fourth-order valence-electron chi connectivity index (χ4n) is 3.44. The monoisotopic (exact) mass is 431 g/mol. The second-order valence-electron chi connectivity index (χ2n) is 7.91. The standard InChI is InChI=1S/C26H29N3O3/c1-17(9-7-6-8-10-32-5)21-12-20-13-22(16-28-25(20)27-15-21)19-11-18(2)24(30)23(14-19)26(31)29(3)4/h6-11,13-16,30H,12H2,1-5H3,(H,27,28)/b7-6-,10-8+,17-9+. The Hall–Kier alpha value is -3.80. The largest absolute Gasteiger partial charge is 0.507 e. The minimum absolute atomic E-state index is 0.0133. The fraction of sp³-hybridized carbons (Fsp3) is 0.231. The second kappa shape index (κ2) is 10.0. The van der Waals surface area contributed by atoms with E-state index in [4.69, 9.17) is 4.74 Å². The topological polar surface area (TPSA) is 74.7 Å². The van der Waals surface area contributed by atoms with Gasteiger partial charge in [-0.2, -0.15) is 0 Å². The molecule has 6 nitrogen and oxygen atoms in total. The van der Waals surface area contributed by atoms with Gasteiger partial charge in [0.05, 0.1) is 18.9 Å². The summed E-state index contributed by atoms with van der Waals surface area (Å²) in [5, 5.41) is 13.7. The van der Waals surface area contributed by atoms with Gasteiger partial charge in [0, 0.05) is 38.5 Å². The number of allylic oxidation sites excluding steroid dienone is 6. The van der Waals surface area contributed by atoms with Crippen LogP contribution in [0.15, 0.2) is 72.3 Å². The highest BCUT2D eigenvalue weighted by Crippen LogP contribution is 2.33. The van der Waals surface area contributed by atoms with E-state index in [1.807, 2.05) is 30.5 Å². The molecule has 0 saturated heterocycles. The molecule has 3 rings (SSSR count). The third kappa shape index (κ3) is 5.09. The Morgan fingerprint density at radius 3 is 2.69 bits per heavy atom. The molecule has 0 aliphatic carbocycles. The Balaban J connectivity index is 1.89. The number of amides is 1. The van der Waals surface area contributed by atoms with E-state index >= 15 is 0 Å². The lowest BCUT2D eigenvalue weighted by molar-refractivity contribution is 0.0824. The molecule has 6 heteroatoms. The van der Waals surface area contributed by atoms with Crippen molar-refractivity contribution in [1.29, 1.82) is 0 Å². The van der Waals surface area contributed by atoms with E-state index in [1.165, 1.54) is 10.5 Å². The van der Waals surface area contributed by atoms with Crippen molar-refractivity contribution in [1.82, 2.24) is 9.88 Å². The summed E-state index contributed by atoms with van der Waals surface area (Å²) >= 11 is 0. The molecule has 2 aromatic rings. The zero-order valence-electron chi connectivity index (χ0n) is 19.1. The molecule has 2 heterocycles. The predicted octanol–water partition coefficient (Wildman–Crippen LogP) is 4.98. The predicted molar refractivity (Wildman–Crippen MR) is 129 cm³/mol. The quantitative estimate of drug-likeness (QED) is 0.498. The molecule has 32 heavy (non-hydrogen) atoms. The van der Waals surface area contributed by atoms with E-state index in [1.54, 1.807) is 46.7 Å². The van der Waals surface area contributed by atoms with Gasteiger partial charge in [0.1, 0.15) is 11.6 Å². The van der Waals surface area contributed by atoms with Crippen LogP contribution in [0.1, 0.15) is 28.4 Å². The van der Waals surface area contributed by atoms with Crippen LogP contribution in [-0.2, 0) is 11.2 Å². The zero-order valence-corrected chi connectivity index (χ0v) is 19.1. The van der Waals surface area contributed by atoms with E-state index in [0.717, 1.165) is 34.5 Å². The molecule has 0 saturated carbocycles. The van der Waals surface area contributed by atoms with Crippen LogP contribution in [0.4, 0.5) is 5.82 Å². The van der Waals surface area contributed by atoms with Crippen LogP contribution in [-0.4, -0.2) is 42.1 Å². The van der Waals surface area contributed by atoms with Gasteiger partial charge in [-0.3, -0.25) is 4.79 Å². The smallest absolute Gasteiger partial charge is 0.257 e. The number of carbonyl (C=O) groups is 1. The molecular weight excluding hydrogens is 402 g/mol. The van der Waals surface area contributed by atoms with Crippen LogP contribution in [0.5, 0.6) is 5.75 Å². The molecule has 0 bridgehead atoms. The summed E-state index contributed by atoms with van der Waals surface area (Å²) in [4.78, 5) is 18.5. The minimum Gasteiger partial charge on any atom is -0.507 e. The van der Waals surface area contributed by atoms with Gasteiger partial charge in [0.15, 0.2) is 0 Å². The molecule has 0 unspecified atom stereocenters. The summed E-state index contributed by atoms with van der Waals surface area (Å²) in [6.07, 6.45) is 13.9. The van der Waals surface area contributed by atoms with Gasteiger partial charge >= 0.3 is 0 Å². The Kier molecular flexibility index (Phi) is 7.15. The number of benzene rings is 1. The van der Waals surface area contributed by atoms with Crippen LogP contribution in [0.2, 0.25) is 0 Å². The molecule has 1 aliphatic heterocycles. The molecular formula is C26H29N3O3. The van der Waals surface area contributed by atoms with Crippen LogP contribution in [0, 0.1) is 6.92 Å². The second-order valence-corrected chi connectivity index (χ2v) is 7.91. The molecule has 1 aliphatic rings. The number of methoxy groups -OCH3 is 1. The summed E-state index contributed by atoms with van der Waals surface area (Å²) < 4.78 is 4.88. The first-order valence-electron chi connectivity index (χ1n) is 10.3. The molecule has 0 spiro atoms. The highest BCUT2D eigenvalue weighted by atomic mass is 16.5. The van der Waals surface area contributed by atoms with E-state index in [9.17, 15) is 9.90 Å². The number of carbonyl (C=O) groups excluding carboxylic acids is 1. The number of pyridine rings is 1. The van der Waals surface area contributed by atoms with Gasteiger partial charge in [-0.1, -0.05) is 18.2 Å². The van der Waals surface area contributed by atoms with E-state index < -0.39 is 0 Å². The number of aromatic hydroxyl groups is 1. The van der Waals surface area contributed by atoms with E-state index in [0.29, 0.717) is 5.56 Å². The molecule has 1 aromatic heterocycles. The number of phenolic OH excluding ortho intramolecular Hbond substituents is 1. The number of aryl methyl sites for hydroxylation is 1. The Labute approximate surface area is 189 Å². The van der Waals surface area contributed by atoms with E-state index in [-0.39, 0.29) is 17.2 Å². The lowest BCUT2D eigenvalue weighted by Crippen LogP contribution is -2.22. The van der Waals surface area contributed by atoms with Gasteiger partial charge < -0.3 is 20.1 Å². The van der Waals surface area contributed by atoms with Crippen LogP contribution < -0.4 is 5.32 Å². The number of hydrogen-bond donors (Lipinski definition) is 2. The SMILES string of the molecule is CO/C=C/C=C\C=C(/C)C1=CNc2ncc(-c3cc(C)c(O)c(C(=O)N(C)C)c3)cc2C1. The summed E-state index contributed by atoms with van der Waals surface area (Å²) in [7, 11) is 4.95. The molecule has 0 fully saturated rings. The minimum atomic E-state index is -0.237. The maximum atomic E-state index is 12.5. The van der Waals surface area contributed by atoms with Crippen LogP contribution >= 0.6 is 0 Å². The number of nitrogens with one attached hydrogen (secondary N) is 1. The van der Waals surface area contributed by atoms with Crippen LogP contribution in [0.3, 0.4) is 0 Å². The highest BCUT2D eigenvalue weighted by molar-refractivity contribution is 5.98. The normalized spacial score (nSPS) is 13.7. The van der Waals surface area contributed by atoms with E-state index in [2.05, 4.69) is 29.4 Å². The number of fused-ring (bicyclic) bond motifs is 1. The van der Waals surface area contributed by atoms with Crippen molar-refractivity contribution in [2.75, 3.05) is 26.5 Å².